The lowest BCUT2D eigenvalue weighted by molar-refractivity contribution is 0.102. The molecular formula is C12H7N7O3S. The van der Waals surface area contributed by atoms with Crippen LogP contribution in [0.3, 0.4) is 0 Å². The van der Waals surface area contributed by atoms with Gasteiger partial charge in [0.15, 0.2) is 4.96 Å². The summed E-state index contributed by atoms with van der Waals surface area (Å²) in [5.41, 5.74) is -0.225. The molecule has 11 heteroatoms. The second kappa shape index (κ2) is 4.84. The third-order valence-corrected chi connectivity index (χ3v) is 4.17. The number of phenols is 1. The largest absolute Gasteiger partial charge is 0.508 e. The number of thiazole rings is 1. The highest BCUT2D eigenvalue weighted by Gasteiger charge is 2.17. The summed E-state index contributed by atoms with van der Waals surface area (Å²) in [6.45, 7) is 0. The molecule has 0 bridgehead atoms. The molecular weight excluding hydrogens is 322 g/mol. The molecule has 0 fully saturated rings. The molecule has 0 aliphatic carbocycles. The van der Waals surface area contributed by atoms with E-state index in [1.54, 1.807) is 6.07 Å². The molecule has 114 valence electrons. The molecule has 0 atom stereocenters. The second-order valence-corrected chi connectivity index (χ2v) is 5.56. The fourth-order valence-corrected chi connectivity index (χ4v) is 3.10. The Labute approximate surface area is 130 Å². The predicted molar refractivity (Wildman–Crippen MR) is 80.6 cm³/mol. The van der Waals surface area contributed by atoms with Crippen LogP contribution in [-0.2, 0) is 0 Å². The van der Waals surface area contributed by atoms with E-state index < -0.39 is 11.5 Å². The summed E-state index contributed by atoms with van der Waals surface area (Å²) in [5, 5.41) is 24.5. The zero-order valence-electron chi connectivity index (χ0n) is 11.2. The molecule has 3 heterocycles. The molecule has 0 spiro atoms. The van der Waals surface area contributed by atoms with Crippen LogP contribution >= 0.6 is 11.3 Å². The van der Waals surface area contributed by atoms with E-state index in [0.29, 0.717) is 10.5 Å². The van der Waals surface area contributed by atoms with Crippen molar-refractivity contribution < 1.29 is 9.90 Å². The van der Waals surface area contributed by atoms with Gasteiger partial charge in [-0.2, -0.15) is 0 Å². The van der Waals surface area contributed by atoms with Gasteiger partial charge >= 0.3 is 0 Å². The van der Waals surface area contributed by atoms with Crippen molar-refractivity contribution in [2.45, 2.75) is 0 Å². The topological polar surface area (TPSA) is 138 Å². The predicted octanol–water partition coefficient (Wildman–Crippen LogP) is 0.380. The number of phenolic OH excluding ortho intramolecular Hbond substituents is 1. The molecule has 0 radical (unpaired) electrons. The highest BCUT2D eigenvalue weighted by molar-refractivity contribution is 7.23. The molecule has 0 saturated carbocycles. The van der Waals surface area contributed by atoms with Gasteiger partial charge < -0.3 is 5.11 Å². The molecule has 0 aliphatic rings. The quantitative estimate of drug-likeness (QED) is 0.483. The Kier molecular flexibility index (Phi) is 2.81. The van der Waals surface area contributed by atoms with Gasteiger partial charge in [-0.15, -0.1) is 0 Å². The van der Waals surface area contributed by atoms with Crippen molar-refractivity contribution in [2.24, 2.45) is 0 Å². The molecule has 1 aromatic carbocycles. The van der Waals surface area contributed by atoms with E-state index in [9.17, 15) is 14.7 Å². The lowest BCUT2D eigenvalue weighted by Gasteiger charge is -2.01. The normalized spacial score (nSPS) is 11.1. The average Bonchev–Trinajstić information content (AvgIpc) is 3.14. The summed E-state index contributed by atoms with van der Waals surface area (Å²) < 4.78 is 2.05. The minimum Gasteiger partial charge on any atom is -0.508 e. The molecule has 0 saturated heterocycles. The van der Waals surface area contributed by atoms with Gasteiger partial charge in [-0.05, 0) is 22.6 Å². The highest BCUT2D eigenvalue weighted by atomic mass is 32.1. The molecule has 4 aromatic rings. The van der Waals surface area contributed by atoms with E-state index in [4.69, 9.17) is 0 Å². The number of anilines is 1. The Morgan fingerprint density at radius 3 is 3.04 bits per heavy atom. The van der Waals surface area contributed by atoms with Gasteiger partial charge in [0.2, 0.25) is 5.95 Å². The van der Waals surface area contributed by atoms with Crippen molar-refractivity contribution >= 4 is 38.4 Å². The smallest absolute Gasteiger partial charge is 0.271 e. The number of benzene rings is 1. The van der Waals surface area contributed by atoms with Gasteiger partial charge in [0.05, 0.1) is 10.2 Å². The van der Waals surface area contributed by atoms with E-state index in [1.165, 1.54) is 34.1 Å². The Balaban J connectivity index is 1.90. The maximum absolute atomic E-state index is 12.6. The Morgan fingerprint density at radius 2 is 2.26 bits per heavy atom. The van der Waals surface area contributed by atoms with Gasteiger partial charge in [-0.25, -0.2) is 10.1 Å². The van der Waals surface area contributed by atoms with Gasteiger partial charge in [-0.1, -0.05) is 16.4 Å². The van der Waals surface area contributed by atoms with Crippen molar-refractivity contribution in [1.82, 2.24) is 30.0 Å². The number of rotatable bonds is 2. The van der Waals surface area contributed by atoms with Crippen LogP contribution in [0.15, 0.2) is 29.2 Å². The number of carbonyl (C=O) groups is 1. The summed E-state index contributed by atoms with van der Waals surface area (Å²) in [5.74, 6) is -0.644. The molecule has 23 heavy (non-hydrogen) atoms. The van der Waals surface area contributed by atoms with Crippen LogP contribution in [0.2, 0.25) is 0 Å². The van der Waals surface area contributed by atoms with Gasteiger partial charge in [0.25, 0.3) is 11.5 Å². The number of amides is 1. The Bertz CT molecular complexity index is 1100. The maximum Gasteiger partial charge on any atom is 0.271 e. The summed E-state index contributed by atoms with van der Waals surface area (Å²) in [6.07, 6.45) is 1.20. The number of fused-ring (bicyclic) bond motifs is 3. The molecule has 0 aliphatic heterocycles. The van der Waals surface area contributed by atoms with E-state index >= 15 is 0 Å². The van der Waals surface area contributed by atoms with Crippen LogP contribution in [-0.4, -0.2) is 41.0 Å². The van der Waals surface area contributed by atoms with Crippen LogP contribution in [0.5, 0.6) is 5.75 Å². The highest BCUT2D eigenvalue weighted by Crippen LogP contribution is 2.26. The third kappa shape index (κ3) is 2.10. The first-order chi connectivity index (χ1) is 11.1. The van der Waals surface area contributed by atoms with Crippen LogP contribution in [0.4, 0.5) is 5.95 Å². The number of nitrogens with one attached hydrogen (secondary N) is 2. The number of tetrazole rings is 1. The van der Waals surface area contributed by atoms with Crippen molar-refractivity contribution in [1.29, 1.82) is 0 Å². The third-order valence-electron chi connectivity index (χ3n) is 3.14. The van der Waals surface area contributed by atoms with E-state index in [-0.39, 0.29) is 17.3 Å². The fourth-order valence-electron chi connectivity index (χ4n) is 2.13. The van der Waals surface area contributed by atoms with Gasteiger partial charge in [-0.3, -0.25) is 19.3 Å². The molecule has 1 amide bonds. The van der Waals surface area contributed by atoms with Gasteiger partial charge in [0, 0.05) is 12.3 Å². The van der Waals surface area contributed by atoms with Crippen LogP contribution in [0.25, 0.3) is 15.2 Å². The lowest BCUT2D eigenvalue weighted by Crippen LogP contribution is -2.26. The molecule has 10 nitrogen and oxygen atoms in total. The maximum atomic E-state index is 12.6. The first-order valence-electron chi connectivity index (χ1n) is 6.32. The molecule has 3 N–H and O–H groups in total. The van der Waals surface area contributed by atoms with E-state index in [0.717, 1.165) is 4.70 Å². The number of aromatic nitrogens is 6. The minimum absolute atomic E-state index is 0.0201. The molecule has 0 unspecified atom stereocenters. The van der Waals surface area contributed by atoms with Crippen LogP contribution < -0.4 is 10.9 Å². The van der Waals surface area contributed by atoms with Crippen molar-refractivity contribution in [3.63, 3.8) is 0 Å². The summed E-state index contributed by atoms with van der Waals surface area (Å²) in [4.78, 5) is 29.3. The summed E-state index contributed by atoms with van der Waals surface area (Å²) >= 11 is 1.28. The van der Waals surface area contributed by atoms with Crippen LogP contribution in [0.1, 0.15) is 10.4 Å². The lowest BCUT2D eigenvalue weighted by atomic mass is 10.3. The first kappa shape index (κ1) is 13.3. The van der Waals surface area contributed by atoms with E-state index in [1.807, 2.05) is 0 Å². The molecule has 3 aromatic heterocycles. The van der Waals surface area contributed by atoms with Crippen molar-refractivity contribution in [2.75, 3.05) is 5.32 Å². The Hall–Kier alpha value is -3.34. The zero-order valence-corrected chi connectivity index (χ0v) is 12.0. The van der Waals surface area contributed by atoms with Crippen molar-refractivity contribution in [3.05, 3.63) is 40.3 Å². The SMILES string of the molecule is O=C(Nc1nnn[nH]1)c1cnc2sc3ccc(O)cc3n2c1=O. The van der Waals surface area contributed by atoms with Crippen molar-refractivity contribution in [3.8, 4) is 5.75 Å². The first-order valence-corrected chi connectivity index (χ1v) is 7.13. The zero-order chi connectivity index (χ0) is 16.0. The number of H-pyrrole nitrogens is 1. The minimum atomic E-state index is -0.685. The number of nitrogens with zero attached hydrogens (tertiary/aromatic N) is 5. The number of hydrogen-bond donors (Lipinski definition) is 3. The number of hydrogen-bond acceptors (Lipinski definition) is 8. The fraction of sp³-hybridized carbons (Fsp3) is 0. The Morgan fingerprint density at radius 1 is 1.39 bits per heavy atom. The van der Waals surface area contributed by atoms with E-state index in [2.05, 4.69) is 30.9 Å². The number of carbonyl (C=O) groups excluding carboxylic acids is 1. The van der Waals surface area contributed by atoms with Crippen LogP contribution in [0, 0.1) is 0 Å². The number of aromatic hydroxyl groups is 1. The van der Waals surface area contributed by atoms with Gasteiger partial charge in [0.1, 0.15) is 11.3 Å². The second-order valence-electron chi connectivity index (χ2n) is 4.55. The molecule has 4 rings (SSSR count). The average molecular weight is 329 g/mol. The summed E-state index contributed by atoms with van der Waals surface area (Å²) in [7, 11) is 0. The summed E-state index contributed by atoms with van der Waals surface area (Å²) in [6, 6.07) is 4.65. The monoisotopic (exact) mass is 329 g/mol. The number of aromatic amines is 1. The standard InChI is InChI=1S/C12H7N7O3S/c20-5-1-2-8-7(3-5)19-10(22)6(4-13-12(19)23-8)9(21)14-11-15-17-18-16-11/h1-4,20H,(H2,14,15,16,17,18,21).